The predicted molar refractivity (Wildman–Crippen MR) is 61.4 cm³/mol. The lowest BCUT2D eigenvalue weighted by atomic mass is 9.88. The molecule has 4 nitrogen and oxygen atoms in total. The van der Waals surface area contributed by atoms with Gasteiger partial charge in [-0.2, -0.15) is 0 Å². The second-order valence-electron chi connectivity index (χ2n) is 4.14. The minimum atomic E-state index is -0.260. The average Bonchev–Trinajstić information content (AvgIpc) is 2.13. The molecule has 0 spiro atoms. The van der Waals surface area contributed by atoms with Crippen molar-refractivity contribution in [1.82, 2.24) is 0 Å². The first-order valence-electron chi connectivity index (χ1n) is 5.53. The van der Waals surface area contributed by atoms with E-state index in [4.69, 9.17) is 22.9 Å². The van der Waals surface area contributed by atoms with E-state index < -0.39 is 0 Å². The Balaban J connectivity index is 3.96. The molecule has 0 aliphatic carbocycles. The first kappa shape index (κ1) is 13.8. The lowest BCUT2D eigenvalue weighted by Crippen LogP contribution is -2.41. The number of rotatable bonds is 7. The molecule has 3 unspecified atom stereocenters. The zero-order valence-corrected chi connectivity index (χ0v) is 9.45. The van der Waals surface area contributed by atoms with Crippen molar-refractivity contribution in [2.75, 3.05) is 0 Å². The van der Waals surface area contributed by atoms with Crippen LogP contribution in [0.4, 0.5) is 0 Å². The Kier molecular flexibility index (Phi) is 7.09. The summed E-state index contributed by atoms with van der Waals surface area (Å²) in [5.41, 5.74) is 23.0. The summed E-state index contributed by atoms with van der Waals surface area (Å²) in [6.45, 7) is 4.19. The predicted octanol–water partition coefficient (Wildman–Crippen LogP) is 0.101. The van der Waals surface area contributed by atoms with E-state index in [1.54, 1.807) is 0 Å². The van der Waals surface area contributed by atoms with E-state index in [-0.39, 0.29) is 18.2 Å². The molecule has 0 fully saturated rings. The van der Waals surface area contributed by atoms with Gasteiger partial charge in [0.1, 0.15) is 0 Å². The summed E-state index contributed by atoms with van der Waals surface area (Å²) in [7, 11) is 0. The van der Waals surface area contributed by atoms with Gasteiger partial charge in [-0.3, -0.25) is 0 Å². The van der Waals surface area contributed by atoms with Crippen LogP contribution in [-0.4, -0.2) is 18.2 Å². The second-order valence-corrected chi connectivity index (χ2v) is 4.14. The molecule has 0 aromatic heterocycles. The summed E-state index contributed by atoms with van der Waals surface area (Å²) in [5, 5.41) is 0. The molecular weight excluding hydrogens is 176 g/mol. The van der Waals surface area contributed by atoms with Gasteiger partial charge in [0, 0.05) is 12.1 Å². The molecular formula is C10H26N4. The topological polar surface area (TPSA) is 104 Å². The smallest absolute Gasteiger partial charge is 0.0524 e. The highest BCUT2D eigenvalue weighted by molar-refractivity contribution is 4.78. The maximum Gasteiger partial charge on any atom is 0.0524 e. The van der Waals surface area contributed by atoms with E-state index in [9.17, 15) is 0 Å². The minimum Gasteiger partial charge on any atom is -0.328 e. The van der Waals surface area contributed by atoms with Crippen LogP contribution in [0.1, 0.15) is 39.5 Å². The van der Waals surface area contributed by atoms with Crippen molar-refractivity contribution in [1.29, 1.82) is 0 Å². The van der Waals surface area contributed by atoms with Crippen LogP contribution in [-0.2, 0) is 0 Å². The maximum absolute atomic E-state index is 6.06. The standard InChI is InChI=1S/C10H26N4/c1-3-7(5-10(13)14)9(12)6-8(11)4-2/h7-10H,3-6,11-14H2,1-2H3. The highest BCUT2D eigenvalue weighted by Gasteiger charge is 2.19. The van der Waals surface area contributed by atoms with Gasteiger partial charge in [-0.15, -0.1) is 0 Å². The SMILES string of the molecule is CCC(N)CC(N)C(CC)CC(N)N. The first-order valence-corrected chi connectivity index (χ1v) is 5.53. The summed E-state index contributed by atoms with van der Waals surface area (Å²) >= 11 is 0. The lowest BCUT2D eigenvalue weighted by molar-refractivity contribution is 0.324. The number of hydrogen-bond donors (Lipinski definition) is 4. The summed E-state index contributed by atoms with van der Waals surface area (Å²) < 4.78 is 0. The molecule has 0 aromatic rings. The third-order valence-electron chi connectivity index (χ3n) is 2.80. The lowest BCUT2D eigenvalue weighted by Gasteiger charge is -2.26. The highest BCUT2D eigenvalue weighted by Crippen LogP contribution is 2.16. The van der Waals surface area contributed by atoms with Gasteiger partial charge in [0.2, 0.25) is 0 Å². The number of nitrogens with two attached hydrogens (primary N) is 4. The van der Waals surface area contributed by atoms with E-state index in [2.05, 4.69) is 13.8 Å². The van der Waals surface area contributed by atoms with Crippen molar-refractivity contribution in [3.8, 4) is 0 Å². The van der Waals surface area contributed by atoms with Crippen LogP contribution >= 0.6 is 0 Å². The molecule has 0 rings (SSSR count). The summed E-state index contributed by atoms with van der Waals surface area (Å²) in [5.74, 6) is 0.396. The van der Waals surface area contributed by atoms with Gasteiger partial charge in [-0.25, -0.2) is 0 Å². The van der Waals surface area contributed by atoms with Crippen molar-refractivity contribution in [3.63, 3.8) is 0 Å². The van der Waals surface area contributed by atoms with E-state index in [1.807, 2.05) is 0 Å². The van der Waals surface area contributed by atoms with Crippen LogP contribution in [0.3, 0.4) is 0 Å². The van der Waals surface area contributed by atoms with Gasteiger partial charge in [-0.05, 0) is 25.2 Å². The van der Waals surface area contributed by atoms with Crippen molar-refractivity contribution >= 4 is 0 Å². The quantitative estimate of drug-likeness (QED) is 0.439. The van der Waals surface area contributed by atoms with Gasteiger partial charge in [0.25, 0.3) is 0 Å². The Morgan fingerprint density at radius 1 is 0.857 bits per heavy atom. The Morgan fingerprint density at radius 2 is 1.43 bits per heavy atom. The van der Waals surface area contributed by atoms with Crippen LogP contribution in [0.5, 0.6) is 0 Å². The van der Waals surface area contributed by atoms with Crippen LogP contribution < -0.4 is 22.9 Å². The molecule has 0 amide bonds. The average molecular weight is 202 g/mol. The van der Waals surface area contributed by atoms with Gasteiger partial charge in [0.05, 0.1) is 6.17 Å². The van der Waals surface area contributed by atoms with Gasteiger partial charge < -0.3 is 22.9 Å². The molecule has 0 aromatic carbocycles. The van der Waals surface area contributed by atoms with E-state index >= 15 is 0 Å². The fraction of sp³-hybridized carbons (Fsp3) is 1.00. The van der Waals surface area contributed by atoms with Gasteiger partial charge >= 0.3 is 0 Å². The molecule has 0 aliphatic heterocycles. The third kappa shape index (κ3) is 5.54. The Labute approximate surface area is 87.4 Å². The minimum absolute atomic E-state index is 0.129. The fourth-order valence-electron chi connectivity index (χ4n) is 1.70. The van der Waals surface area contributed by atoms with Crippen LogP contribution in [0, 0.1) is 5.92 Å². The molecule has 0 heterocycles. The van der Waals surface area contributed by atoms with Crippen molar-refractivity contribution in [3.05, 3.63) is 0 Å². The van der Waals surface area contributed by atoms with E-state index in [0.29, 0.717) is 5.92 Å². The van der Waals surface area contributed by atoms with Crippen molar-refractivity contribution in [2.24, 2.45) is 28.9 Å². The Bertz CT molecular complexity index is 138. The number of hydrogen-bond acceptors (Lipinski definition) is 4. The monoisotopic (exact) mass is 202 g/mol. The Hall–Kier alpha value is -0.160. The molecule has 0 aliphatic rings. The maximum atomic E-state index is 6.06. The molecule has 86 valence electrons. The van der Waals surface area contributed by atoms with Crippen LogP contribution in [0.2, 0.25) is 0 Å². The summed E-state index contributed by atoms with van der Waals surface area (Å²) in [6, 6.07) is 0.331. The summed E-state index contributed by atoms with van der Waals surface area (Å²) in [4.78, 5) is 0. The molecule has 0 bridgehead atoms. The fourth-order valence-corrected chi connectivity index (χ4v) is 1.70. The molecule has 8 N–H and O–H groups in total. The molecule has 3 atom stereocenters. The van der Waals surface area contributed by atoms with Gasteiger partial charge in [-0.1, -0.05) is 20.3 Å². The van der Waals surface area contributed by atoms with E-state index in [1.165, 1.54) is 0 Å². The zero-order valence-electron chi connectivity index (χ0n) is 9.45. The first-order chi connectivity index (χ1) is 6.51. The molecule has 0 saturated heterocycles. The molecule has 14 heavy (non-hydrogen) atoms. The molecule has 0 saturated carbocycles. The van der Waals surface area contributed by atoms with Gasteiger partial charge in [0.15, 0.2) is 0 Å². The third-order valence-corrected chi connectivity index (χ3v) is 2.80. The molecule has 0 radical (unpaired) electrons. The Morgan fingerprint density at radius 3 is 1.79 bits per heavy atom. The molecule has 4 heteroatoms. The zero-order chi connectivity index (χ0) is 11.1. The highest BCUT2D eigenvalue weighted by atomic mass is 14.9. The van der Waals surface area contributed by atoms with E-state index in [0.717, 1.165) is 25.7 Å². The van der Waals surface area contributed by atoms with Crippen molar-refractivity contribution in [2.45, 2.75) is 57.8 Å². The van der Waals surface area contributed by atoms with Crippen LogP contribution in [0.25, 0.3) is 0 Å². The largest absolute Gasteiger partial charge is 0.328 e. The second kappa shape index (κ2) is 7.17. The van der Waals surface area contributed by atoms with Crippen LogP contribution in [0.15, 0.2) is 0 Å². The normalized spacial score (nSPS) is 18.2. The van der Waals surface area contributed by atoms with Crippen molar-refractivity contribution < 1.29 is 0 Å². The summed E-state index contributed by atoms with van der Waals surface area (Å²) in [6.07, 6.45) is 3.38.